The molecule has 0 spiro atoms. The summed E-state index contributed by atoms with van der Waals surface area (Å²) in [5, 5.41) is 13.6. The zero-order valence-electron chi connectivity index (χ0n) is 15.0. The first-order valence-electron chi connectivity index (χ1n) is 9.16. The zero-order chi connectivity index (χ0) is 16.7. The van der Waals surface area contributed by atoms with Crippen molar-refractivity contribution in [2.75, 3.05) is 13.1 Å². The van der Waals surface area contributed by atoms with Gasteiger partial charge < -0.3 is 15.2 Å². The molecule has 2 rings (SSSR count). The first-order chi connectivity index (χ1) is 11.0. The molecule has 23 heavy (non-hydrogen) atoms. The van der Waals surface area contributed by atoms with E-state index in [1.54, 1.807) is 0 Å². The quantitative estimate of drug-likeness (QED) is 0.521. The summed E-state index contributed by atoms with van der Waals surface area (Å²) < 4.78 is 5.83. The van der Waals surface area contributed by atoms with Gasteiger partial charge in [0.05, 0.1) is 0 Å². The number of hydrogen-bond donors (Lipinski definition) is 2. The highest BCUT2D eigenvalue weighted by molar-refractivity contribution is 5.36. The van der Waals surface area contributed by atoms with Gasteiger partial charge in [0.2, 0.25) is 0 Å². The molecule has 1 saturated carbocycles. The monoisotopic (exact) mass is 319 g/mol. The van der Waals surface area contributed by atoms with Gasteiger partial charge in [0.25, 0.3) is 0 Å². The van der Waals surface area contributed by atoms with Crippen molar-refractivity contribution in [2.24, 2.45) is 5.41 Å². The molecule has 3 nitrogen and oxygen atoms in total. The molecule has 3 heteroatoms. The van der Waals surface area contributed by atoms with Crippen LogP contribution in [-0.4, -0.2) is 24.5 Å². The summed E-state index contributed by atoms with van der Waals surface area (Å²) in [7, 11) is 0. The molecule has 0 aromatic heterocycles. The van der Waals surface area contributed by atoms with Crippen molar-refractivity contribution >= 4 is 0 Å². The SMILES string of the molecule is CCC(C)(C)CNCCC(O)Oc1ccccc1C1CCCC1. The van der Waals surface area contributed by atoms with Crippen molar-refractivity contribution < 1.29 is 9.84 Å². The Hall–Kier alpha value is -1.06. The molecule has 0 bridgehead atoms. The maximum atomic E-state index is 10.2. The van der Waals surface area contributed by atoms with Crippen molar-refractivity contribution in [2.45, 2.75) is 71.5 Å². The minimum absolute atomic E-state index is 0.306. The van der Waals surface area contributed by atoms with Gasteiger partial charge in [0.1, 0.15) is 5.75 Å². The third kappa shape index (κ3) is 5.82. The summed E-state index contributed by atoms with van der Waals surface area (Å²) in [6, 6.07) is 8.20. The second-order valence-corrected chi connectivity index (χ2v) is 7.57. The second kappa shape index (κ2) is 8.70. The first-order valence-corrected chi connectivity index (χ1v) is 9.16. The number of aliphatic hydroxyl groups is 1. The topological polar surface area (TPSA) is 41.5 Å². The predicted molar refractivity (Wildman–Crippen MR) is 95.8 cm³/mol. The number of ether oxygens (including phenoxy) is 1. The molecule has 1 atom stereocenters. The lowest BCUT2D eigenvalue weighted by molar-refractivity contribution is -0.0235. The van der Waals surface area contributed by atoms with E-state index >= 15 is 0 Å². The number of aliphatic hydroxyl groups excluding tert-OH is 1. The molecule has 1 unspecified atom stereocenters. The van der Waals surface area contributed by atoms with Crippen LogP contribution < -0.4 is 10.1 Å². The summed E-state index contributed by atoms with van der Waals surface area (Å²) in [6.45, 7) is 8.46. The standard InChI is InChI=1S/C20H33NO2/c1-4-20(2,3)15-21-14-13-19(22)23-18-12-8-7-11-17(18)16-9-5-6-10-16/h7-8,11-12,16,19,21-22H,4-6,9-10,13-15H2,1-3H3. The molecule has 0 radical (unpaired) electrons. The van der Waals surface area contributed by atoms with Crippen LogP contribution in [0.4, 0.5) is 0 Å². The van der Waals surface area contributed by atoms with Crippen molar-refractivity contribution in [1.29, 1.82) is 0 Å². The van der Waals surface area contributed by atoms with Crippen LogP contribution >= 0.6 is 0 Å². The Bertz CT molecular complexity index is 466. The minimum Gasteiger partial charge on any atom is -0.465 e. The fourth-order valence-corrected chi connectivity index (χ4v) is 3.14. The smallest absolute Gasteiger partial charge is 0.198 e. The van der Waals surface area contributed by atoms with Crippen molar-refractivity contribution in [3.8, 4) is 5.75 Å². The van der Waals surface area contributed by atoms with Crippen LogP contribution in [0, 0.1) is 5.41 Å². The molecule has 1 aliphatic rings. The highest BCUT2D eigenvalue weighted by Crippen LogP contribution is 2.38. The predicted octanol–water partition coefficient (Wildman–Crippen LogP) is 4.46. The van der Waals surface area contributed by atoms with Crippen molar-refractivity contribution in [1.82, 2.24) is 5.32 Å². The first kappa shape index (κ1) is 18.3. The van der Waals surface area contributed by atoms with Crippen LogP contribution in [0.25, 0.3) is 0 Å². The van der Waals surface area contributed by atoms with Gasteiger partial charge in [-0.25, -0.2) is 0 Å². The van der Waals surface area contributed by atoms with Crippen LogP contribution in [0.3, 0.4) is 0 Å². The Morgan fingerprint density at radius 1 is 1.26 bits per heavy atom. The van der Waals surface area contributed by atoms with Gasteiger partial charge in [-0.15, -0.1) is 0 Å². The summed E-state index contributed by atoms with van der Waals surface area (Å²) >= 11 is 0. The molecule has 1 aromatic rings. The van der Waals surface area contributed by atoms with E-state index in [0.717, 1.165) is 25.3 Å². The number of hydrogen-bond acceptors (Lipinski definition) is 3. The Labute approximate surface area is 141 Å². The van der Waals surface area contributed by atoms with Crippen molar-refractivity contribution in [3.63, 3.8) is 0 Å². The fourth-order valence-electron chi connectivity index (χ4n) is 3.14. The molecule has 130 valence electrons. The van der Waals surface area contributed by atoms with E-state index < -0.39 is 6.29 Å². The number of nitrogens with one attached hydrogen (secondary N) is 1. The Balaban J connectivity index is 1.80. The Morgan fingerprint density at radius 2 is 1.96 bits per heavy atom. The highest BCUT2D eigenvalue weighted by Gasteiger charge is 2.21. The van der Waals surface area contributed by atoms with Gasteiger partial charge in [0.15, 0.2) is 6.29 Å². The van der Waals surface area contributed by atoms with Crippen LogP contribution in [0.5, 0.6) is 5.75 Å². The third-order valence-electron chi connectivity index (χ3n) is 5.11. The molecule has 1 aliphatic carbocycles. The van der Waals surface area contributed by atoms with Gasteiger partial charge in [0, 0.05) is 19.5 Å². The van der Waals surface area contributed by atoms with E-state index in [1.165, 1.54) is 31.2 Å². The van der Waals surface area contributed by atoms with Crippen LogP contribution in [0.1, 0.15) is 70.8 Å². The van der Waals surface area contributed by atoms with Crippen LogP contribution in [-0.2, 0) is 0 Å². The van der Waals surface area contributed by atoms with E-state index in [-0.39, 0.29) is 0 Å². The summed E-state index contributed by atoms with van der Waals surface area (Å²) in [6.07, 6.45) is 6.10. The molecular weight excluding hydrogens is 286 g/mol. The molecule has 1 aromatic carbocycles. The van der Waals surface area contributed by atoms with Gasteiger partial charge in [-0.3, -0.25) is 0 Å². The summed E-state index contributed by atoms with van der Waals surface area (Å²) in [4.78, 5) is 0. The normalized spacial score (nSPS) is 17.4. The largest absolute Gasteiger partial charge is 0.465 e. The maximum Gasteiger partial charge on any atom is 0.198 e. The lowest BCUT2D eigenvalue weighted by Crippen LogP contribution is -2.32. The molecule has 0 amide bonds. The molecule has 0 heterocycles. The molecule has 2 N–H and O–H groups in total. The average Bonchev–Trinajstić information content (AvgIpc) is 3.06. The maximum absolute atomic E-state index is 10.2. The third-order valence-corrected chi connectivity index (χ3v) is 5.11. The lowest BCUT2D eigenvalue weighted by atomic mass is 9.90. The van der Waals surface area contributed by atoms with Crippen molar-refractivity contribution in [3.05, 3.63) is 29.8 Å². The molecule has 0 aliphatic heterocycles. The zero-order valence-corrected chi connectivity index (χ0v) is 15.0. The van der Waals surface area contributed by atoms with Crippen LogP contribution in [0.2, 0.25) is 0 Å². The Morgan fingerprint density at radius 3 is 2.65 bits per heavy atom. The van der Waals surface area contributed by atoms with E-state index in [2.05, 4.69) is 38.2 Å². The summed E-state index contributed by atoms with van der Waals surface area (Å²) in [5.74, 6) is 1.46. The van der Waals surface area contributed by atoms with Gasteiger partial charge in [-0.2, -0.15) is 0 Å². The lowest BCUT2D eigenvalue weighted by Gasteiger charge is -2.24. The van der Waals surface area contributed by atoms with Crippen LogP contribution in [0.15, 0.2) is 24.3 Å². The van der Waals surface area contributed by atoms with Gasteiger partial charge >= 0.3 is 0 Å². The summed E-state index contributed by atoms with van der Waals surface area (Å²) in [5.41, 5.74) is 1.57. The number of benzene rings is 1. The highest BCUT2D eigenvalue weighted by atomic mass is 16.6. The molecule has 1 fully saturated rings. The Kier molecular flexibility index (Phi) is 6.91. The van der Waals surface area contributed by atoms with E-state index in [9.17, 15) is 5.11 Å². The van der Waals surface area contributed by atoms with E-state index in [1.807, 2.05) is 12.1 Å². The minimum atomic E-state index is -0.741. The average molecular weight is 319 g/mol. The van der Waals surface area contributed by atoms with E-state index in [4.69, 9.17) is 4.74 Å². The van der Waals surface area contributed by atoms with Gasteiger partial charge in [-0.05, 0) is 42.2 Å². The second-order valence-electron chi connectivity index (χ2n) is 7.57. The number of rotatable bonds is 9. The molecular formula is C20H33NO2. The van der Waals surface area contributed by atoms with Gasteiger partial charge in [-0.1, -0.05) is 51.8 Å². The fraction of sp³-hybridized carbons (Fsp3) is 0.700. The number of para-hydroxylation sites is 1. The molecule has 0 saturated heterocycles. The van der Waals surface area contributed by atoms with E-state index in [0.29, 0.717) is 17.8 Å².